The van der Waals surface area contributed by atoms with Crippen molar-refractivity contribution in [2.45, 2.75) is 31.3 Å². The Hall–Kier alpha value is -2.16. The molecule has 0 aliphatic carbocycles. The van der Waals surface area contributed by atoms with Crippen LogP contribution in [0.25, 0.3) is 10.2 Å². The highest BCUT2D eigenvalue weighted by Gasteiger charge is 2.23. The molecule has 3 rings (SSSR count). The molecule has 0 fully saturated rings. The standard InChI is InChI=1S/C19H22N2O4S2/c1-13(2)21-16-10-9-15(11-18(16)26-19(21)22)27(23,24)20(3)12-14-7-5-6-8-17(14)25-4/h5-11,13H,12H2,1-4H3. The number of thiazole rings is 1. The summed E-state index contributed by atoms with van der Waals surface area (Å²) in [7, 11) is -0.611. The molecule has 8 heteroatoms. The lowest BCUT2D eigenvalue weighted by Crippen LogP contribution is -2.26. The van der Waals surface area contributed by atoms with E-state index in [0.717, 1.165) is 22.4 Å². The Balaban J connectivity index is 1.98. The van der Waals surface area contributed by atoms with Gasteiger partial charge in [-0.3, -0.25) is 9.36 Å². The van der Waals surface area contributed by atoms with E-state index in [0.29, 0.717) is 10.4 Å². The molecule has 0 bridgehead atoms. The molecule has 0 N–H and O–H groups in total. The van der Waals surface area contributed by atoms with Crippen LogP contribution in [0.4, 0.5) is 0 Å². The molecule has 0 unspecified atom stereocenters. The Kier molecular flexibility index (Phi) is 5.41. The quantitative estimate of drug-likeness (QED) is 0.629. The first kappa shape index (κ1) is 19.6. The van der Waals surface area contributed by atoms with Gasteiger partial charge in [-0.15, -0.1) is 0 Å². The zero-order valence-electron chi connectivity index (χ0n) is 15.7. The lowest BCUT2D eigenvalue weighted by molar-refractivity contribution is 0.398. The second-order valence-corrected chi connectivity index (χ2v) is 9.57. The van der Waals surface area contributed by atoms with Crippen molar-refractivity contribution < 1.29 is 13.2 Å². The van der Waals surface area contributed by atoms with Crippen molar-refractivity contribution in [3.05, 3.63) is 57.7 Å². The predicted octanol–water partition coefficient (Wildman–Crippen LogP) is 3.47. The Bertz CT molecular complexity index is 1130. The van der Waals surface area contributed by atoms with Gasteiger partial charge in [-0.05, 0) is 38.1 Å². The number of rotatable bonds is 6. The van der Waals surface area contributed by atoms with Crippen LogP contribution in [0.3, 0.4) is 0 Å². The van der Waals surface area contributed by atoms with Gasteiger partial charge in [-0.1, -0.05) is 29.5 Å². The number of nitrogens with zero attached hydrogens (tertiary/aromatic N) is 2. The second-order valence-electron chi connectivity index (χ2n) is 6.53. The van der Waals surface area contributed by atoms with Gasteiger partial charge in [0.2, 0.25) is 10.0 Å². The molecule has 0 spiro atoms. The Morgan fingerprint density at radius 3 is 2.56 bits per heavy atom. The van der Waals surface area contributed by atoms with E-state index in [1.54, 1.807) is 35.9 Å². The lowest BCUT2D eigenvalue weighted by atomic mass is 10.2. The third-order valence-corrected chi connectivity index (χ3v) is 7.11. The van der Waals surface area contributed by atoms with Crippen LogP contribution in [0.2, 0.25) is 0 Å². The van der Waals surface area contributed by atoms with E-state index < -0.39 is 10.0 Å². The van der Waals surface area contributed by atoms with Crippen LogP contribution < -0.4 is 9.61 Å². The number of aromatic nitrogens is 1. The van der Waals surface area contributed by atoms with Crippen molar-refractivity contribution in [1.82, 2.24) is 8.87 Å². The van der Waals surface area contributed by atoms with Gasteiger partial charge >= 0.3 is 4.87 Å². The highest BCUT2D eigenvalue weighted by atomic mass is 32.2. The molecular weight excluding hydrogens is 384 g/mol. The molecule has 0 atom stereocenters. The minimum atomic E-state index is -3.70. The van der Waals surface area contributed by atoms with Crippen LogP contribution >= 0.6 is 11.3 Å². The van der Waals surface area contributed by atoms with E-state index >= 15 is 0 Å². The Morgan fingerprint density at radius 2 is 1.89 bits per heavy atom. The molecule has 144 valence electrons. The number of ether oxygens (including phenoxy) is 1. The molecule has 0 aliphatic heterocycles. The maximum Gasteiger partial charge on any atom is 0.308 e. The largest absolute Gasteiger partial charge is 0.496 e. The van der Waals surface area contributed by atoms with E-state index in [1.165, 1.54) is 11.4 Å². The predicted molar refractivity (Wildman–Crippen MR) is 108 cm³/mol. The van der Waals surface area contributed by atoms with Crippen molar-refractivity contribution in [2.24, 2.45) is 0 Å². The molecule has 3 aromatic rings. The number of benzene rings is 2. The van der Waals surface area contributed by atoms with Crippen LogP contribution in [-0.4, -0.2) is 31.4 Å². The van der Waals surface area contributed by atoms with Crippen LogP contribution in [0.5, 0.6) is 5.75 Å². The molecule has 1 aromatic heterocycles. The molecular formula is C19H22N2O4S2. The third-order valence-electron chi connectivity index (χ3n) is 4.39. The fraction of sp³-hybridized carbons (Fsp3) is 0.316. The summed E-state index contributed by atoms with van der Waals surface area (Å²) >= 11 is 1.06. The molecule has 0 amide bonds. The van der Waals surface area contributed by atoms with Crippen molar-refractivity contribution in [2.75, 3.05) is 14.2 Å². The maximum absolute atomic E-state index is 13.0. The fourth-order valence-corrected chi connectivity index (χ4v) is 5.31. The summed E-state index contributed by atoms with van der Waals surface area (Å²) in [6.45, 7) is 4.05. The topological polar surface area (TPSA) is 68.6 Å². The first-order valence-corrected chi connectivity index (χ1v) is 10.7. The number of methoxy groups -OCH3 is 1. The van der Waals surface area contributed by atoms with Crippen molar-refractivity contribution in [3.63, 3.8) is 0 Å². The normalized spacial score (nSPS) is 12.2. The third kappa shape index (κ3) is 3.65. The summed E-state index contributed by atoms with van der Waals surface area (Å²) in [6.07, 6.45) is 0. The highest BCUT2D eigenvalue weighted by Crippen LogP contribution is 2.27. The van der Waals surface area contributed by atoms with Crippen molar-refractivity contribution in [1.29, 1.82) is 0 Å². The van der Waals surface area contributed by atoms with Crippen molar-refractivity contribution >= 4 is 31.6 Å². The number of hydrogen-bond donors (Lipinski definition) is 0. The van der Waals surface area contributed by atoms with Gasteiger partial charge in [0.25, 0.3) is 0 Å². The van der Waals surface area contributed by atoms with Gasteiger partial charge in [0.15, 0.2) is 0 Å². The van der Waals surface area contributed by atoms with E-state index in [4.69, 9.17) is 4.74 Å². The smallest absolute Gasteiger partial charge is 0.308 e. The number of fused-ring (bicyclic) bond motifs is 1. The summed E-state index contributed by atoms with van der Waals surface area (Å²) in [5.41, 5.74) is 1.54. The van der Waals surface area contributed by atoms with E-state index in [9.17, 15) is 13.2 Å². The first-order chi connectivity index (χ1) is 12.8. The first-order valence-electron chi connectivity index (χ1n) is 8.49. The molecule has 0 radical (unpaired) electrons. The molecule has 0 aliphatic rings. The van der Waals surface area contributed by atoms with Gasteiger partial charge in [-0.25, -0.2) is 8.42 Å². The van der Waals surface area contributed by atoms with Crippen LogP contribution in [0, 0.1) is 0 Å². The zero-order valence-corrected chi connectivity index (χ0v) is 17.3. The number of para-hydroxylation sites is 1. The van der Waals surface area contributed by atoms with E-state index in [-0.39, 0.29) is 22.4 Å². The molecule has 1 heterocycles. The SMILES string of the molecule is COc1ccccc1CN(C)S(=O)(=O)c1ccc2c(c1)sc(=O)n2C(C)C. The molecule has 6 nitrogen and oxygen atoms in total. The number of hydrogen-bond acceptors (Lipinski definition) is 5. The van der Waals surface area contributed by atoms with Crippen LogP contribution in [0.1, 0.15) is 25.5 Å². The molecule has 0 saturated heterocycles. The zero-order chi connectivity index (χ0) is 19.8. The van der Waals surface area contributed by atoms with E-state index in [2.05, 4.69) is 0 Å². The minimum Gasteiger partial charge on any atom is -0.496 e. The summed E-state index contributed by atoms with van der Waals surface area (Å²) in [4.78, 5) is 12.3. The minimum absolute atomic E-state index is 0.0157. The van der Waals surface area contributed by atoms with Gasteiger partial charge in [-0.2, -0.15) is 4.31 Å². The number of sulfonamides is 1. The lowest BCUT2D eigenvalue weighted by Gasteiger charge is -2.19. The van der Waals surface area contributed by atoms with Gasteiger partial charge in [0.05, 0.1) is 22.2 Å². The second kappa shape index (κ2) is 7.46. The summed E-state index contributed by atoms with van der Waals surface area (Å²) in [6, 6.07) is 12.2. The highest BCUT2D eigenvalue weighted by molar-refractivity contribution is 7.89. The molecule has 2 aromatic carbocycles. The van der Waals surface area contributed by atoms with Gasteiger partial charge < -0.3 is 4.74 Å². The van der Waals surface area contributed by atoms with Crippen LogP contribution in [-0.2, 0) is 16.6 Å². The molecule has 0 saturated carbocycles. The monoisotopic (exact) mass is 406 g/mol. The average molecular weight is 407 g/mol. The summed E-state index contributed by atoms with van der Waals surface area (Å²) in [5.74, 6) is 0.641. The van der Waals surface area contributed by atoms with Crippen molar-refractivity contribution in [3.8, 4) is 5.75 Å². The van der Waals surface area contributed by atoms with Gasteiger partial charge in [0, 0.05) is 25.2 Å². The summed E-state index contributed by atoms with van der Waals surface area (Å²) < 4.78 is 35.0. The average Bonchev–Trinajstić information content (AvgIpc) is 2.97. The Labute approximate surface area is 162 Å². The van der Waals surface area contributed by atoms with Crippen LogP contribution in [0.15, 0.2) is 52.2 Å². The Morgan fingerprint density at radius 1 is 1.19 bits per heavy atom. The molecule has 27 heavy (non-hydrogen) atoms. The maximum atomic E-state index is 13.0. The summed E-state index contributed by atoms with van der Waals surface area (Å²) in [5, 5.41) is 0. The fourth-order valence-electron chi connectivity index (χ4n) is 3.00. The van der Waals surface area contributed by atoms with E-state index in [1.807, 2.05) is 32.0 Å². The van der Waals surface area contributed by atoms with Gasteiger partial charge in [0.1, 0.15) is 5.75 Å².